The molecule has 9 heteroatoms. The molecule has 1 aliphatic carbocycles. The topological polar surface area (TPSA) is 76.2 Å². The Balaban J connectivity index is 1.42. The highest BCUT2D eigenvalue weighted by molar-refractivity contribution is 7.98. The van der Waals surface area contributed by atoms with Crippen molar-refractivity contribution in [1.29, 1.82) is 0 Å². The van der Waals surface area contributed by atoms with Crippen molar-refractivity contribution < 1.29 is 24.0 Å². The molecular formula is C32H34N2O5S2. The average molecular weight is 591 g/mol. The van der Waals surface area contributed by atoms with Crippen LogP contribution in [-0.2, 0) is 32.0 Å². The number of anilines is 2. The van der Waals surface area contributed by atoms with Gasteiger partial charge in [0.25, 0.3) is 5.91 Å². The fourth-order valence-electron chi connectivity index (χ4n) is 6.33. The van der Waals surface area contributed by atoms with Crippen LogP contribution in [0.25, 0.3) is 0 Å². The lowest BCUT2D eigenvalue weighted by molar-refractivity contribution is -0.126. The minimum absolute atomic E-state index is 0.109. The largest absolute Gasteiger partial charge is 0.465 e. The van der Waals surface area contributed by atoms with E-state index in [1.54, 1.807) is 16.8 Å². The number of rotatable bonds is 5. The molecule has 6 rings (SSSR count). The minimum Gasteiger partial charge on any atom is -0.465 e. The van der Waals surface area contributed by atoms with E-state index in [1.165, 1.54) is 23.3 Å². The number of thioether (sulfide) groups is 1. The Kier molecular flexibility index (Phi) is 7.24. The molecule has 4 atom stereocenters. The van der Waals surface area contributed by atoms with E-state index in [9.17, 15) is 14.4 Å². The number of carbonyl (C=O) groups is 3. The lowest BCUT2D eigenvalue weighted by Crippen LogP contribution is -2.37. The molecule has 2 fully saturated rings. The van der Waals surface area contributed by atoms with Crippen LogP contribution in [0.4, 0.5) is 10.7 Å². The normalized spacial score (nSPS) is 24.0. The molecule has 7 nitrogen and oxygen atoms in total. The van der Waals surface area contributed by atoms with E-state index in [0.29, 0.717) is 22.9 Å². The summed E-state index contributed by atoms with van der Waals surface area (Å²) in [6, 6.07) is 17.0. The maximum atomic E-state index is 14.3. The highest BCUT2D eigenvalue weighted by atomic mass is 32.2. The van der Waals surface area contributed by atoms with Crippen molar-refractivity contribution in [2.75, 3.05) is 23.3 Å². The molecule has 0 radical (unpaired) electrons. The molecule has 0 unspecified atom stereocenters. The molecule has 2 saturated heterocycles. The molecule has 0 saturated carbocycles. The number of nitrogens with zero attached hydrogens (tertiary/aromatic N) is 2. The number of imide groups is 1. The van der Waals surface area contributed by atoms with Crippen molar-refractivity contribution in [1.82, 2.24) is 0 Å². The Bertz CT molecular complexity index is 1490. The second kappa shape index (κ2) is 10.6. The third-order valence-electron chi connectivity index (χ3n) is 8.65. The monoisotopic (exact) mass is 590 g/mol. The number of thiophene rings is 1. The molecule has 0 bridgehead atoms. The van der Waals surface area contributed by atoms with Gasteiger partial charge in [-0.1, -0.05) is 51.1 Å². The number of hydrogen-bond acceptors (Lipinski definition) is 8. The Morgan fingerprint density at radius 1 is 1.05 bits per heavy atom. The number of esters is 1. The predicted octanol–water partition coefficient (Wildman–Crippen LogP) is 6.46. The number of benzene rings is 2. The number of methoxy groups -OCH3 is 1. The van der Waals surface area contributed by atoms with Crippen molar-refractivity contribution in [3.05, 3.63) is 76.2 Å². The zero-order valence-corrected chi connectivity index (χ0v) is 25.5. The fraction of sp³-hybridized carbons (Fsp3) is 0.406. The number of hydroxylamine groups is 1. The standard InChI is InChI=1S/C32H34N2O5S2/c1-32(2,3)19-13-16-22-23(17-19)41-30(24(22)31(37)38-4)33-28(35)25-26(18-11-14-21(40-5)15-12-18)34(39-27(25)29(33)36)20-9-7-6-8-10-20/h6-12,14-15,19,25-27H,13,16-17H2,1-5H3/t19-,25-,26-,27-/m1/s1. The van der Waals surface area contributed by atoms with Crippen molar-refractivity contribution in [3.63, 3.8) is 0 Å². The van der Waals surface area contributed by atoms with Crippen LogP contribution in [0.15, 0.2) is 59.5 Å². The zero-order valence-electron chi connectivity index (χ0n) is 23.9. The molecular weight excluding hydrogens is 556 g/mol. The maximum absolute atomic E-state index is 14.3. The molecule has 0 N–H and O–H groups in total. The van der Waals surface area contributed by atoms with Gasteiger partial charge in [0.15, 0.2) is 6.10 Å². The van der Waals surface area contributed by atoms with E-state index in [0.717, 1.165) is 39.4 Å². The number of amides is 2. The Morgan fingerprint density at radius 3 is 2.39 bits per heavy atom. The molecule has 3 heterocycles. The second-order valence-corrected chi connectivity index (χ2v) is 13.9. The van der Waals surface area contributed by atoms with Crippen LogP contribution in [-0.4, -0.2) is 37.3 Å². The highest BCUT2D eigenvalue weighted by Crippen LogP contribution is 2.51. The summed E-state index contributed by atoms with van der Waals surface area (Å²) in [5.41, 5.74) is 3.02. The molecule has 0 spiro atoms. The molecule has 41 heavy (non-hydrogen) atoms. The average Bonchev–Trinajstić information content (AvgIpc) is 3.62. The summed E-state index contributed by atoms with van der Waals surface area (Å²) >= 11 is 3.02. The zero-order chi connectivity index (χ0) is 29.1. The van der Waals surface area contributed by atoms with E-state index >= 15 is 0 Å². The van der Waals surface area contributed by atoms with Gasteiger partial charge in [0.2, 0.25) is 5.91 Å². The van der Waals surface area contributed by atoms with Gasteiger partial charge in [-0.3, -0.25) is 14.4 Å². The van der Waals surface area contributed by atoms with Crippen LogP contribution in [0.2, 0.25) is 0 Å². The van der Waals surface area contributed by atoms with Crippen molar-refractivity contribution in [2.24, 2.45) is 17.3 Å². The van der Waals surface area contributed by atoms with Crippen LogP contribution in [0.5, 0.6) is 0 Å². The second-order valence-electron chi connectivity index (χ2n) is 11.9. The molecule has 3 aromatic rings. The van der Waals surface area contributed by atoms with E-state index in [-0.39, 0.29) is 11.3 Å². The number of para-hydroxylation sites is 1. The molecule has 2 aliphatic heterocycles. The molecule has 2 amide bonds. The summed E-state index contributed by atoms with van der Waals surface area (Å²) in [7, 11) is 1.34. The summed E-state index contributed by atoms with van der Waals surface area (Å²) in [4.78, 5) is 51.2. The molecule has 3 aliphatic rings. The van der Waals surface area contributed by atoms with E-state index in [2.05, 4.69) is 20.8 Å². The summed E-state index contributed by atoms with van der Waals surface area (Å²) in [6.07, 6.45) is 3.47. The lowest BCUT2D eigenvalue weighted by Gasteiger charge is -2.33. The number of hydrogen-bond donors (Lipinski definition) is 0. The van der Waals surface area contributed by atoms with Gasteiger partial charge in [0, 0.05) is 9.77 Å². The van der Waals surface area contributed by atoms with Gasteiger partial charge in [-0.05, 0) is 72.2 Å². The van der Waals surface area contributed by atoms with Gasteiger partial charge in [0.1, 0.15) is 10.9 Å². The third-order valence-corrected chi connectivity index (χ3v) is 10.6. The van der Waals surface area contributed by atoms with Crippen LogP contribution >= 0.6 is 23.1 Å². The fourth-order valence-corrected chi connectivity index (χ4v) is 8.17. The Hall–Kier alpha value is -3.14. The molecule has 214 valence electrons. The third kappa shape index (κ3) is 4.68. The predicted molar refractivity (Wildman–Crippen MR) is 161 cm³/mol. The summed E-state index contributed by atoms with van der Waals surface area (Å²) in [6.45, 7) is 6.69. The van der Waals surface area contributed by atoms with Crippen LogP contribution in [0.3, 0.4) is 0 Å². The van der Waals surface area contributed by atoms with E-state index < -0.39 is 29.9 Å². The van der Waals surface area contributed by atoms with Crippen molar-refractivity contribution in [3.8, 4) is 0 Å². The van der Waals surface area contributed by atoms with Gasteiger partial charge in [-0.15, -0.1) is 23.1 Å². The number of fused-ring (bicyclic) bond motifs is 2. The smallest absolute Gasteiger partial charge is 0.341 e. The summed E-state index contributed by atoms with van der Waals surface area (Å²) < 4.78 is 5.18. The summed E-state index contributed by atoms with van der Waals surface area (Å²) in [5, 5.41) is 2.07. The van der Waals surface area contributed by atoms with Crippen LogP contribution in [0, 0.1) is 17.3 Å². The van der Waals surface area contributed by atoms with Crippen molar-refractivity contribution >= 4 is 51.6 Å². The lowest BCUT2D eigenvalue weighted by atomic mass is 9.72. The first-order chi connectivity index (χ1) is 19.6. The SMILES string of the molecule is COC(=O)c1c(N2C(=O)[C@@H]3[C@@H](c4ccc(SC)cc4)N(c4ccccc4)O[C@H]3C2=O)sc2c1CC[C@@H](C(C)(C)C)C2. The quantitative estimate of drug-likeness (QED) is 0.192. The highest BCUT2D eigenvalue weighted by Gasteiger charge is 2.61. The first kappa shape index (κ1) is 28.0. The first-order valence-corrected chi connectivity index (χ1v) is 15.9. The van der Waals surface area contributed by atoms with E-state index in [4.69, 9.17) is 9.57 Å². The van der Waals surface area contributed by atoms with Gasteiger partial charge in [-0.25, -0.2) is 14.8 Å². The van der Waals surface area contributed by atoms with Crippen LogP contribution in [0.1, 0.15) is 59.6 Å². The molecule has 2 aromatic carbocycles. The van der Waals surface area contributed by atoms with Gasteiger partial charge >= 0.3 is 5.97 Å². The Labute approximate surface area is 248 Å². The van der Waals surface area contributed by atoms with Gasteiger partial charge in [0.05, 0.1) is 24.4 Å². The van der Waals surface area contributed by atoms with Crippen LogP contribution < -0.4 is 9.96 Å². The van der Waals surface area contributed by atoms with Crippen molar-refractivity contribution in [2.45, 2.75) is 57.1 Å². The minimum atomic E-state index is -1.00. The first-order valence-electron chi connectivity index (χ1n) is 13.9. The number of carbonyl (C=O) groups excluding carboxylic acids is 3. The molecule has 1 aromatic heterocycles. The Morgan fingerprint density at radius 2 is 1.76 bits per heavy atom. The van der Waals surface area contributed by atoms with Gasteiger partial charge in [-0.2, -0.15) is 0 Å². The number of ether oxygens (including phenoxy) is 1. The maximum Gasteiger partial charge on any atom is 0.341 e. The van der Waals surface area contributed by atoms with Gasteiger partial charge < -0.3 is 4.74 Å². The van der Waals surface area contributed by atoms with E-state index in [1.807, 2.05) is 60.9 Å². The summed E-state index contributed by atoms with van der Waals surface area (Å²) in [5.74, 6) is -1.64.